The third kappa shape index (κ3) is 9.74. The number of carboxylic acids is 2. The molecule has 3 atom stereocenters. The van der Waals surface area contributed by atoms with E-state index in [0.29, 0.717) is 23.8 Å². The molecular formula is C23H29F6N3O6. The van der Waals surface area contributed by atoms with Crippen LogP contribution in [0.25, 0.3) is 0 Å². The molecule has 214 valence electrons. The van der Waals surface area contributed by atoms with E-state index in [-0.39, 0.29) is 6.10 Å². The molecule has 3 fully saturated rings. The van der Waals surface area contributed by atoms with E-state index in [1.807, 2.05) is 25.6 Å². The number of carbonyl (C=O) groups is 3. The van der Waals surface area contributed by atoms with Gasteiger partial charge < -0.3 is 19.8 Å². The molecule has 1 amide bonds. The van der Waals surface area contributed by atoms with E-state index in [9.17, 15) is 31.1 Å². The van der Waals surface area contributed by atoms with Crippen LogP contribution in [0.2, 0.25) is 0 Å². The smallest absolute Gasteiger partial charge is 0.475 e. The zero-order valence-electron chi connectivity index (χ0n) is 20.4. The average molecular weight is 557 g/mol. The number of alkyl halides is 6. The normalized spacial score (nSPS) is 23.3. The summed E-state index contributed by atoms with van der Waals surface area (Å²) in [5, 5.41) is 14.2. The molecule has 9 nitrogen and oxygen atoms in total. The number of fused-ring (bicyclic) bond motifs is 1. The fourth-order valence-corrected chi connectivity index (χ4v) is 4.40. The van der Waals surface area contributed by atoms with Gasteiger partial charge in [0.15, 0.2) is 0 Å². The Bertz CT molecular complexity index is 918. The van der Waals surface area contributed by atoms with Crippen molar-refractivity contribution in [3.63, 3.8) is 0 Å². The van der Waals surface area contributed by atoms with Crippen molar-refractivity contribution in [2.45, 2.75) is 56.7 Å². The highest BCUT2D eigenvalue weighted by Gasteiger charge is 2.46. The predicted octanol–water partition coefficient (Wildman–Crippen LogP) is 3.20. The van der Waals surface area contributed by atoms with E-state index in [4.69, 9.17) is 24.5 Å². The Hall–Kier alpha value is -2.94. The Morgan fingerprint density at radius 3 is 2.05 bits per heavy atom. The minimum atomic E-state index is -5.08. The first kappa shape index (κ1) is 31.3. The number of likely N-dealkylation sites (tertiary alicyclic amines) is 2. The fourth-order valence-electron chi connectivity index (χ4n) is 4.40. The number of pyridine rings is 1. The second-order valence-electron chi connectivity index (χ2n) is 9.19. The van der Waals surface area contributed by atoms with Gasteiger partial charge in [-0.15, -0.1) is 0 Å². The number of ether oxygens (including phenoxy) is 1. The van der Waals surface area contributed by atoms with Gasteiger partial charge in [0.2, 0.25) is 5.91 Å². The van der Waals surface area contributed by atoms with Crippen LogP contribution in [-0.4, -0.2) is 94.1 Å². The maximum atomic E-state index is 12.7. The topological polar surface area (TPSA) is 120 Å². The van der Waals surface area contributed by atoms with Crippen molar-refractivity contribution < 1.29 is 55.7 Å². The Balaban J connectivity index is 0.000000301. The molecule has 3 heterocycles. The van der Waals surface area contributed by atoms with Crippen LogP contribution in [0.5, 0.6) is 0 Å². The molecule has 1 aliphatic carbocycles. The molecule has 2 aliphatic heterocycles. The molecular weight excluding hydrogens is 528 g/mol. The largest absolute Gasteiger partial charge is 0.490 e. The van der Waals surface area contributed by atoms with Gasteiger partial charge in [-0.05, 0) is 36.8 Å². The number of nitrogens with zero attached hydrogens (tertiary/aromatic N) is 3. The molecule has 1 aromatic rings. The van der Waals surface area contributed by atoms with Crippen molar-refractivity contribution in [2.24, 2.45) is 11.8 Å². The van der Waals surface area contributed by atoms with Crippen molar-refractivity contribution in [3.05, 3.63) is 30.1 Å². The molecule has 4 rings (SSSR count). The summed E-state index contributed by atoms with van der Waals surface area (Å²) in [7, 11) is 1.81. The second-order valence-corrected chi connectivity index (χ2v) is 9.19. The Kier molecular flexibility index (Phi) is 10.9. The number of piperidine rings is 1. The number of hydrogen-bond acceptors (Lipinski definition) is 6. The van der Waals surface area contributed by atoms with E-state index < -0.39 is 24.3 Å². The van der Waals surface area contributed by atoms with Crippen LogP contribution in [0, 0.1) is 11.8 Å². The third-order valence-electron chi connectivity index (χ3n) is 6.34. The number of methoxy groups -OCH3 is 1. The summed E-state index contributed by atoms with van der Waals surface area (Å²) >= 11 is 0. The quantitative estimate of drug-likeness (QED) is 0.530. The van der Waals surface area contributed by atoms with Gasteiger partial charge in [0.25, 0.3) is 0 Å². The van der Waals surface area contributed by atoms with Gasteiger partial charge in [0, 0.05) is 58.0 Å². The molecule has 0 radical (unpaired) electrons. The lowest BCUT2D eigenvalue weighted by Gasteiger charge is -2.41. The highest BCUT2D eigenvalue weighted by molar-refractivity contribution is 5.77. The van der Waals surface area contributed by atoms with Crippen LogP contribution < -0.4 is 0 Å². The first-order valence-electron chi connectivity index (χ1n) is 11.7. The Morgan fingerprint density at radius 2 is 1.61 bits per heavy atom. The van der Waals surface area contributed by atoms with Crippen molar-refractivity contribution >= 4 is 17.8 Å². The molecule has 2 saturated heterocycles. The van der Waals surface area contributed by atoms with E-state index >= 15 is 0 Å². The maximum absolute atomic E-state index is 12.7. The lowest BCUT2D eigenvalue weighted by molar-refractivity contribution is -0.193. The standard InChI is InChI=1S/C19H27N3O2.2C2HF3O2/c1-24-18-6-8-22(19(23)9-14-4-5-14)17-13-21(12-16(17)18)11-15-3-2-7-20-10-15;2*3-2(4,5)1(6)7/h2-3,7,10,14,16-18H,4-6,8-9,11-13H2,1H3;2*(H,6,7)/t16-,17+,18+;;/m0../s1. The lowest BCUT2D eigenvalue weighted by atomic mass is 9.88. The number of carboxylic acid groups (broad SMARTS) is 2. The molecule has 38 heavy (non-hydrogen) atoms. The molecule has 3 aliphatic rings. The number of hydrogen-bond donors (Lipinski definition) is 2. The molecule has 0 bridgehead atoms. The van der Waals surface area contributed by atoms with Gasteiger partial charge in [-0.2, -0.15) is 26.3 Å². The summed E-state index contributed by atoms with van der Waals surface area (Å²) in [6.07, 6.45) is -1.95. The van der Waals surface area contributed by atoms with Crippen molar-refractivity contribution in [3.8, 4) is 0 Å². The monoisotopic (exact) mass is 557 g/mol. The van der Waals surface area contributed by atoms with E-state index in [1.54, 1.807) is 0 Å². The predicted molar refractivity (Wildman–Crippen MR) is 119 cm³/mol. The number of halogens is 6. The summed E-state index contributed by atoms with van der Waals surface area (Å²) < 4.78 is 69.2. The number of amides is 1. The second kappa shape index (κ2) is 13.2. The molecule has 1 saturated carbocycles. The van der Waals surface area contributed by atoms with Crippen LogP contribution in [0.1, 0.15) is 31.2 Å². The molecule has 0 aromatic carbocycles. The molecule has 0 spiro atoms. The first-order valence-corrected chi connectivity index (χ1v) is 11.7. The SMILES string of the molecule is CO[C@@H]1CCN(C(=O)CC2CC2)[C@@H]2CN(Cc3cccnc3)C[C@@H]21.O=C(O)C(F)(F)F.O=C(O)C(F)(F)F. The van der Waals surface area contributed by atoms with Gasteiger partial charge >= 0.3 is 24.3 Å². The highest BCUT2D eigenvalue weighted by atomic mass is 19.4. The zero-order valence-corrected chi connectivity index (χ0v) is 20.4. The Labute approximate surface area is 214 Å². The first-order chi connectivity index (χ1) is 17.6. The van der Waals surface area contributed by atoms with Crippen LogP contribution in [-0.2, 0) is 25.7 Å². The minimum Gasteiger partial charge on any atom is -0.475 e. The summed E-state index contributed by atoms with van der Waals surface area (Å²) in [6.45, 7) is 3.72. The molecule has 0 unspecified atom stereocenters. The molecule has 15 heteroatoms. The van der Waals surface area contributed by atoms with Gasteiger partial charge in [0.05, 0.1) is 12.1 Å². The van der Waals surface area contributed by atoms with Gasteiger partial charge in [-0.3, -0.25) is 14.7 Å². The average Bonchev–Trinajstić information content (AvgIpc) is 3.54. The van der Waals surface area contributed by atoms with Gasteiger partial charge in [-0.1, -0.05) is 6.07 Å². The summed E-state index contributed by atoms with van der Waals surface area (Å²) in [5.41, 5.74) is 1.24. The molecule has 1 aromatic heterocycles. The van der Waals surface area contributed by atoms with E-state index in [0.717, 1.165) is 39.0 Å². The van der Waals surface area contributed by atoms with Crippen molar-refractivity contribution in [1.29, 1.82) is 0 Å². The maximum Gasteiger partial charge on any atom is 0.490 e. The highest BCUT2D eigenvalue weighted by Crippen LogP contribution is 2.37. The van der Waals surface area contributed by atoms with Crippen LogP contribution in [0.15, 0.2) is 24.5 Å². The number of aromatic nitrogens is 1. The summed E-state index contributed by atoms with van der Waals surface area (Å²) in [6, 6.07) is 4.42. The third-order valence-corrected chi connectivity index (χ3v) is 6.34. The lowest BCUT2D eigenvalue weighted by Crippen LogP contribution is -2.53. The summed E-state index contributed by atoms with van der Waals surface area (Å²) in [5.74, 6) is -4.06. The van der Waals surface area contributed by atoms with Gasteiger partial charge in [-0.25, -0.2) is 9.59 Å². The van der Waals surface area contributed by atoms with Gasteiger partial charge in [0.1, 0.15) is 0 Å². The van der Waals surface area contributed by atoms with Crippen molar-refractivity contribution in [2.75, 3.05) is 26.7 Å². The van der Waals surface area contributed by atoms with Crippen molar-refractivity contribution in [1.82, 2.24) is 14.8 Å². The minimum absolute atomic E-state index is 0.277. The fraction of sp³-hybridized carbons (Fsp3) is 0.652. The van der Waals surface area contributed by atoms with E-state index in [2.05, 4.69) is 20.9 Å². The van der Waals surface area contributed by atoms with Crippen LogP contribution >= 0.6 is 0 Å². The van der Waals surface area contributed by atoms with Crippen LogP contribution in [0.3, 0.4) is 0 Å². The summed E-state index contributed by atoms with van der Waals surface area (Å²) in [4.78, 5) is 39.3. The number of carbonyl (C=O) groups excluding carboxylic acids is 1. The van der Waals surface area contributed by atoms with Crippen LogP contribution in [0.4, 0.5) is 26.3 Å². The number of aliphatic carboxylic acids is 2. The number of rotatable bonds is 5. The van der Waals surface area contributed by atoms with E-state index in [1.165, 1.54) is 18.4 Å². The molecule has 2 N–H and O–H groups in total. The zero-order chi connectivity index (χ0) is 28.7. The Morgan fingerprint density at radius 1 is 1.03 bits per heavy atom.